The number of carbonyl (C=O) groups excluding carboxylic acids is 1. The van der Waals surface area contributed by atoms with Crippen molar-refractivity contribution in [1.29, 1.82) is 0 Å². The van der Waals surface area contributed by atoms with Gasteiger partial charge in [-0.2, -0.15) is 4.98 Å². The van der Waals surface area contributed by atoms with Crippen LogP contribution in [0.4, 0.5) is 0 Å². The average molecular weight is 479 g/mol. The SMILES string of the molecule is O=C(Cn1c(=O)cc(-c2nc(C3CC3)no2)c2ccccc21)NCc1cccc(Br)c1. The minimum absolute atomic E-state index is 0.0786. The summed E-state index contributed by atoms with van der Waals surface area (Å²) in [6.45, 7) is 0.305. The smallest absolute Gasteiger partial charge is 0.258 e. The zero-order valence-corrected chi connectivity index (χ0v) is 18.1. The number of fused-ring (bicyclic) bond motifs is 1. The summed E-state index contributed by atoms with van der Waals surface area (Å²) in [5.74, 6) is 1.14. The number of para-hydroxylation sites is 1. The Hall–Kier alpha value is -3.26. The Bertz CT molecular complexity index is 1340. The number of hydrogen-bond acceptors (Lipinski definition) is 5. The summed E-state index contributed by atoms with van der Waals surface area (Å²) in [5, 5.41) is 7.72. The van der Waals surface area contributed by atoms with Crippen molar-refractivity contribution in [3.63, 3.8) is 0 Å². The molecular formula is C23H19BrN4O3. The number of carbonyl (C=O) groups is 1. The Morgan fingerprint density at radius 1 is 1.16 bits per heavy atom. The number of pyridine rings is 1. The molecule has 2 aromatic carbocycles. The van der Waals surface area contributed by atoms with Crippen LogP contribution in [0.15, 0.2) is 68.4 Å². The second kappa shape index (κ2) is 8.11. The molecule has 0 saturated heterocycles. The van der Waals surface area contributed by atoms with Gasteiger partial charge in [-0.1, -0.05) is 51.4 Å². The van der Waals surface area contributed by atoms with Gasteiger partial charge < -0.3 is 9.84 Å². The molecule has 1 aliphatic rings. The zero-order valence-electron chi connectivity index (χ0n) is 16.5. The lowest BCUT2D eigenvalue weighted by molar-refractivity contribution is -0.121. The van der Waals surface area contributed by atoms with Crippen molar-refractivity contribution >= 4 is 32.7 Å². The van der Waals surface area contributed by atoms with E-state index in [0.29, 0.717) is 35.3 Å². The number of benzene rings is 2. The first-order valence-corrected chi connectivity index (χ1v) is 10.9. The van der Waals surface area contributed by atoms with E-state index in [1.807, 2.05) is 48.5 Å². The van der Waals surface area contributed by atoms with Crippen molar-refractivity contribution in [1.82, 2.24) is 20.0 Å². The fraction of sp³-hybridized carbons (Fsp3) is 0.217. The van der Waals surface area contributed by atoms with Gasteiger partial charge in [0, 0.05) is 28.4 Å². The Morgan fingerprint density at radius 3 is 2.81 bits per heavy atom. The first-order chi connectivity index (χ1) is 15.1. The minimum Gasteiger partial charge on any atom is -0.350 e. The van der Waals surface area contributed by atoms with Crippen molar-refractivity contribution in [3.8, 4) is 11.5 Å². The molecule has 0 spiro atoms. The summed E-state index contributed by atoms with van der Waals surface area (Å²) in [6.07, 6.45) is 2.13. The number of amides is 1. The van der Waals surface area contributed by atoms with E-state index in [2.05, 4.69) is 31.4 Å². The van der Waals surface area contributed by atoms with Gasteiger partial charge in [0.2, 0.25) is 5.91 Å². The highest BCUT2D eigenvalue weighted by molar-refractivity contribution is 9.10. The van der Waals surface area contributed by atoms with Gasteiger partial charge >= 0.3 is 0 Å². The molecule has 0 unspecified atom stereocenters. The van der Waals surface area contributed by atoms with Crippen LogP contribution in [0.1, 0.15) is 30.1 Å². The minimum atomic E-state index is -0.294. The van der Waals surface area contributed by atoms with Crippen LogP contribution < -0.4 is 10.9 Å². The van der Waals surface area contributed by atoms with Gasteiger partial charge in [-0.25, -0.2) is 0 Å². The summed E-state index contributed by atoms with van der Waals surface area (Å²) >= 11 is 3.42. The van der Waals surface area contributed by atoms with Crippen LogP contribution in [0, 0.1) is 0 Å². The van der Waals surface area contributed by atoms with Gasteiger partial charge in [0.1, 0.15) is 6.54 Å². The predicted molar refractivity (Wildman–Crippen MR) is 119 cm³/mol. The number of nitrogens with zero attached hydrogens (tertiary/aromatic N) is 3. The van der Waals surface area contributed by atoms with E-state index in [1.54, 1.807) is 0 Å². The molecule has 1 aliphatic carbocycles. The van der Waals surface area contributed by atoms with Gasteiger partial charge in [-0.3, -0.25) is 14.2 Å². The maximum atomic E-state index is 12.9. The molecular weight excluding hydrogens is 460 g/mol. The highest BCUT2D eigenvalue weighted by atomic mass is 79.9. The molecule has 7 nitrogen and oxygen atoms in total. The number of hydrogen-bond donors (Lipinski definition) is 1. The van der Waals surface area contributed by atoms with Crippen molar-refractivity contribution < 1.29 is 9.32 Å². The third kappa shape index (κ3) is 4.16. The number of aromatic nitrogens is 3. The van der Waals surface area contributed by atoms with Gasteiger partial charge in [-0.05, 0) is 36.6 Å². The quantitative estimate of drug-likeness (QED) is 0.452. The van der Waals surface area contributed by atoms with Crippen LogP contribution in [-0.2, 0) is 17.9 Å². The van der Waals surface area contributed by atoms with Crippen LogP contribution in [0.25, 0.3) is 22.4 Å². The van der Waals surface area contributed by atoms with Gasteiger partial charge in [0.25, 0.3) is 11.4 Å². The molecule has 1 fully saturated rings. The predicted octanol–water partition coefficient (Wildman–Crippen LogP) is 4.01. The molecule has 1 N–H and O–H groups in total. The standard InChI is InChI=1S/C23H19BrN4O3/c24-16-5-3-4-14(10-16)12-25-20(29)13-28-19-7-2-1-6-17(19)18(11-21(28)30)23-26-22(27-31-23)15-8-9-15/h1-7,10-11,15H,8-9,12-13H2,(H,25,29). The lowest BCUT2D eigenvalue weighted by Crippen LogP contribution is -2.32. The maximum Gasteiger partial charge on any atom is 0.258 e. The topological polar surface area (TPSA) is 90.0 Å². The van der Waals surface area contributed by atoms with Crippen molar-refractivity contribution in [2.75, 3.05) is 0 Å². The molecule has 0 radical (unpaired) electrons. The Morgan fingerprint density at radius 2 is 2.00 bits per heavy atom. The largest absolute Gasteiger partial charge is 0.350 e. The summed E-state index contributed by atoms with van der Waals surface area (Å²) < 4.78 is 7.85. The molecule has 1 amide bonds. The Kier molecular flexibility index (Phi) is 5.15. The molecule has 2 heterocycles. The highest BCUT2D eigenvalue weighted by Gasteiger charge is 2.29. The first-order valence-electron chi connectivity index (χ1n) is 10.1. The van der Waals surface area contributed by atoms with E-state index in [-0.39, 0.29) is 18.0 Å². The molecule has 156 valence electrons. The lowest BCUT2D eigenvalue weighted by Gasteiger charge is -2.12. The summed E-state index contributed by atoms with van der Waals surface area (Å²) in [6, 6.07) is 16.6. The summed E-state index contributed by atoms with van der Waals surface area (Å²) in [4.78, 5) is 30.0. The van der Waals surface area contributed by atoms with Crippen molar-refractivity contribution in [2.24, 2.45) is 0 Å². The van der Waals surface area contributed by atoms with Crippen LogP contribution in [0.2, 0.25) is 0 Å². The van der Waals surface area contributed by atoms with Crippen LogP contribution in [0.3, 0.4) is 0 Å². The fourth-order valence-corrected chi connectivity index (χ4v) is 4.02. The lowest BCUT2D eigenvalue weighted by atomic mass is 10.1. The highest BCUT2D eigenvalue weighted by Crippen LogP contribution is 2.39. The number of nitrogens with one attached hydrogen (secondary N) is 1. The van der Waals surface area contributed by atoms with E-state index < -0.39 is 0 Å². The van der Waals surface area contributed by atoms with E-state index in [1.165, 1.54) is 10.6 Å². The van der Waals surface area contributed by atoms with E-state index in [4.69, 9.17) is 4.52 Å². The summed E-state index contributed by atoms with van der Waals surface area (Å²) in [7, 11) is 0. The molecule has 8 heteroatoms. The first kappa shape index (κ1) is 19.7. The number of halogens is 1. The van der Waals surface area contributed by atoms with Crippen LogP contribution >= 0.6 is 15.9 Å². The molecule has 5 rings (SSSR count). The molecule has 2 aromatic heterocycles. The molecule has 1 saturated carbocycles. The van der Waals surface area contributed by atoms with E-state index in [0.717, 1.165) is 28.3 Å². The second-order valence-corrected chi connectivity index (χ2v) is 8.55. The van der Waals surface area contributed by atoms with Crippen LogP contribution in [0.5, 0.6) is 0 Å². The Labute approximate surface area is 186 Å². The van der Waals surface area contributed by atoms with Crippen LogP contribution in [-0.4, -0.2) is 20.6 Å². The van der Waals surface area contributed by atoms with Gasteiger partial charge in [0.15, 0.2) is 5.82 Å². The normalized spacial score (nSPS) is 13.5. The third-order valence-corrected chi connectivity index (χ3v) is 5.81. The molecule has 4 aromatic rings. The monoisotopic (exact) mass is 478 g/mol. The van der Waals surface area contributed by atoms with E-state index in [9.17, 15) is 9.59 Å². The third-order valence-electron chi connectivity index (χ3n) is 5.31. The van der Waals surface area contributed by atoms with Gasteiger partial charge in [0.05, 0.1) is 11.1 Å². The molecule has 0 bridgehead atoms. The van der Waals surface area contributed by atoms with Crippen molar-refractivity contribution in [2.45, 2.75) is 31.8 Å². The van der Waals surface area contributed by atoms with Gasteiger partial charge in [-0.15, -0.1) is 0 Å². The molecule has 31 heavy (non-hydrogen) atoms. The fourth-order valence-electron chi connectivity index (χ4n) is 3.57. The number of rotatable bonds is 6. The summed E-state index contributed by atoms with van der Waals surface area (Å²) in [5.41, 5.74) is 1.91. The zero-order chi connectivity index (χ0) is 21.4. The average Bonchev–Trinajstić information content (AvgIpc) is 3.51. The second-order valence-electron chi connectivity index (χ2n) is 7.64. The maximum absolute atomic E-state index is 12.9. The van der Waals surface area contributed by atoms with Crippen molar-refractivity contribution in [3.05, 3.63) is 80.8 Å². The molecule has 0 atom stereocenters. The Balaban J connectivity index is 1.43. The van der Waals surface area contributed by atoms with E-state index >= 15 is 0 Å². The molecule has 0 aliphatic heterocycles.